The van der Waals surface area contributed by atoms with Gasteiger partial charge in [-0.1, -0.05) is 57.5 Å². The zero-order chi connectivity index (χ0) is 13.8. The molecule has 0 bridgehead atoms. The molecule has 2 rings (SSSR count). The second-order valence-corrected chi connectivity index (χ2v) is 6.84. The van der Waals surface area contributed by atoms with Crippen LogP contribution in [0.3, 0.4) is 0 Å². The first-order chi connectivity index (χ1) is 9.11. The molecule has 0 saturated carbocycles. The van der Waals surface area contributed by atoms with Crippen LogP contribution >= 0.6 is 8.58 Å². The maximum atomic E-state index is 2.30. The average Bonchev–Trinajstić information content (AvgIpc) is 2.36. The van der Waals surface area contributed by atoms with Gasteiger partial charge in [0.2, 0.25) is 0 Å². The van der Waals surface area contributed by atoms with E-state index in [1.165, 1.54) is 39.3 Å². The van der Waals surface area contributed by atoms with E-state index in [2.05, 4.69) is 64.1 Å². The SMILES string of the molecule is CCPc1ccccc1Cc1c(C)cc(C)cc1C. The number of aryl methyl sites for hydroxylation is 3. The van der Waals surface area contributed by atoms with Crippen molar-refractivity contribution >= 4 is 13.9 Å². The predicted octanol–water partition coefficient (Wildman–Crippen LogP) is 4.53. The Hall–Kier alpha value is -1.13. The molecule has 0 spiro atoms. The van der Waals surface area contributed by atoms with Gasteiger partial charge >= 0.3 is 0 Å². The molecular weight excluding hydrogens is 247 g/mol. The second kappa shape index (κ2) is 6.35. The minimum absolute atomic E-state index is 0.929. The molecule has 0 N–H and O–H groups in total. The summed E-state index contributed by atoms with van der Waals surface area (Å²) in [5.41, 5.74) is 7.21. The summed E-state index contributed by atoms with van der Waals surface area (Å²) in [7, 11) is 0.929. The molecule has 1 heteroatoms. The lowest BCUT2D eigenvalue weighted by atomic mass is 9.94. The molecule has 0 aromatic heterocycles. The normalized spacial score (nSPS) is 11.4. The van der Waals surface area contributed by atoms with E-state index in [1.807, 2.05) is 0 Å². The van der Waals surface area contributed by atoms with Crippen LogP contribution in [0.25, 0.3) is 0 Å². The minimum Gasteiger partial charge on any atom is -0.0904 e. The van der Waals surface area contributed by atoms with Crippen molar-refractivity contribution < 1.29 is 0 Å². The first-order valence-corrected chi connectivity index (χ1v) is 8.21. The molecule has 0 aliphatic rings. The number of rotatable bonds is 4. The second-order valence-electron chi connectivity index (χ2n) is 5.24. The van der Waals surface area contributed by atoms with Crippen LogP contribution in [-0.4, -0.2) is 6.16 Å². The van der Waals surface area contributed by atoms with Crippen molar-refractivity contribution in [3.8, 4) is 0 Å². The largest absolute Gasteiger partial charge is 0.0904 e. The summed E-state index contributed by atoms with van der Waals surface area (Å²) in [4.78, 5) is 0. The third kappa shape index (κ3) is 3.45. The molecule has 0 fully saturated rings. The Morgan fingerprint density at radius 2 is 1.58 bits per heavy atom. The molecule has 0 heterocycles. The number of hydrogen-bond acceptors (Lipinski definition) is 0. The van der Waals surface area contributed by atoms with Crippen LogP contribution in [0.4, 0.5) is 0 Å². The summed E-state index contributed by atoms with van der Waals surface area (Å²) in [6.45, 7) is 8.91. The van der Waals surface area contributed by atoms with Crippen molar-refractivity contribution in [3.63, 3.8) is 0 Å². The first-order valence-electron chi connectivity index (χ1n) is 7.00. The Morgan fingerprint density at radius 3 is 2.21 bits per heavy atom. The van der Waals surface area contributed by atoms with Crippen LogP contribution < -0.4 is 5.30 Å². The van der Waals surface area contributed by atoms with Gasteiger partial charge in [-0.3, -0.25) is 0 Å². The van der Waals surface area contributed by atoms with Crippen LogP contribution in [0.15, 0.2) is 36.4 Å². The monoisotopic (exact) mass is 270 g/mol. The fourth-order valence-corrected chi connectivity index (χ4v) is 3.71. The van der Waals surface area contributed by atoms with E-state index in [-0.39, 0.29) is 0 Å². The van der Waals surface area contributed by atoms with Gasteiger partial charge in [0.05, 0.1) is 0 Å². The molecule has 2 aromatic rings. The minimum atomic E-state index is 0.929. The molecule has 0 aliphatic heterocycles. The van der Waals surface area contributed by atoms with Crippen LogP contribution in [0.5, 0.6) is 0 Å². The van der Waals surface area contributed by atoms with E-state index in [1.54, 1.807) is 0 Å². The molecule has 0 saturated heterocycles. The maximum absolute atomic E-state index is 2.30. The predicted molar refractivity (Wildman–Crippen MR) is 88.4 cm³/mol. The molecule has 0 radical (unpaired) electrons. The lowest BCUT2D eigenvalue weighted by Crippen LogP contribution is -2.07. The van der Waals surface area contributed by atoms with Gasteiger partial charge < -0.3 is 0 Å². The van der Waals surface area contributed by atoms with Crippen molar-refractivity contribution in [2.45, 2.75) is 34.1 Å². The van der Waals surface area contributed by atoms with Gasteiger partial charge in [-0.15, -0.1) is 0 Å². The summed E-state index contributed by atoms with van der Waals surface area (Å²) < 4.78 is 0. The summed E-state index contributed by atoms with van der Waals surface area (Å²) in [5.74, 6) is 0. The highest BCUT2D eigenvalue weighted by Crippen LogP contribution is 2.22. The average molecular weight is 270 g/mol. The third-order valence-corrected chi connectivity index (χ3v) is 4.81. The zero-order valence-electron chi connectivity index (χ0n) is 12.4. The van der Waals surface area contributed by atoms with E-state index in [0.717, 1.165) is 15.0 Å². The van der Waals surface area contributed by atoms with E-state index < -0.39 is 0 Å². The quantitative estimate of drug-likeness (QED) is 0.716. The fraction of sp³-hybridized carbons (Fsp3) is 0.333. The summed E-state index contributed by atoms with van der Waals surface area (Å²) >= 11 is 0. The molecule has 2 aromatic carbocycles. The van der Waals surface area contributed by atoms with E-state index in [0.29, 0.717) is 0 Å². The van der Waals surface area contributed by atoms with Gasteiger partial charge in [-0.05, 0) is 60.9 Å². The Kier molecular flexibility index (Phi) is 4.77. The molecule has 0 nitrogen and oxygen atoms in total. The van der Waals surface area contributed by atoms with Gasteiger partial charge in [0, 0.05) is 0 Å². The van der Waals surface area contributed by atoms with E-state index in [9.17, 15) is 0 Å². The van der Waals surface area contributed by atoms with Crippen LogP contribution in [-0.2, 0) is 6.42 Å². The highest BCUT2D eigenvalue weighted by atomic mass is 31.1. The summed E-state index contributed by atoms with van der Waals surface area (Å²) in [6.07, 6.45) is 2.31. The van der Waals surface area contributed by atoms with Gasteiger partial charge in [0.15, 0.2) is 0 Å². The lowest BCUT2D eigenvalue weighted by molar-refractivity contribution is 1.12. The lowest BCUT2D eigenvalue weighted by Gasteiger charge is -2.14. The molecule has 0 amide bonds. The highest BCUT2D eigenvalue weighted by Gasteiger charge is 2.07. The summed E-state index contributed by atoms with van der Waals surface area (Å²) in [5, 5.41) is 1.53. The number of hydrogen-bond donors (Lipinski definition) is 0. The van der Waals surface area contributed by atoms with Gasteiger partial charge in [-0.2, -0.15) is 0 Å². The van der Waals surface area contributed by atoms with Crippen LogP contribution in [0.1, 0.15) is 34.7 Å². The number of benzene rings is 2. The zero-order valence-corrected chi connectivity index (χ0v) is 13.4. The highest BCUT2D eigenvalue weighted by molar-refractivity contribution is 7.47. The molecule has 0 aliphatic carbocycles. The Labute approximate surface area is 119 Å². The fourth-order valence-electron chi connectivity index (χ4n) is 2.72. The van der Waals surface area contributed by atoms with Crippen LogP contribution in [0.2, 0.25) is 0 Å². The van der Waals surface area contributed by atoms with Crippen molar-refractivity contribution in [2.75, 3.05) is 6.16 Å². The third-order valence-electron chi connectivity index (χ3n) is 3.59. The first kappa shape index (κ1) is 14.3. The molecule has 19 heavy (non-hydrogen) atoms. The Bertz CT molecular complexity index is 547. The van der Waals surface area contributed by atoms with E-state index in [4.69, 9.17) is 0 Å². The van der Waals surface area contributed by atoms with Gasteiger partial charge in [0.1, 0.15) is 0 Å². The van der Waals surface area contributed by atoms with Crippen molar-refractivity contribution in [1.82, 2.24) is 0 Å². The van der Waals surface area contributed by atoms with Crippen molar-refractivity contribution in [3.05, 3.63) is 64.2 Å². The van der Waals surface area contributed by atoms with Gasteiger partial charge in [0.25, 0.3) is 0 Å². The molecular formula is C18H23P. The molecule has 1 unspecified atom stereocenters. The molecule has 1 atom stereocenters. The van der Waals surface area contributed by atoms with Crippen molar-refractivity contribution in [1.29, 1.82) is 0 Å². The summed E-state index contributed by atoms with van der Waals surface area (Å²) in [6, 6.07) is 13.5. The van der Waals surface area contributed by atoms with Crippen molar-refractivity contribution in [2.24, 2.45) is 0 Å². The van der Waals surface area contributed by atoms with Crippen LogP contribution in [0, 0.1) is 20.8 Å². The molecule has 100 valence electrons. The topological polar surface area (TPSA) is 0 Å². The smallest absolute Gasteiger partial charge is 0.00143 e. The standard InChI is InChI=1S/C18H23P/c1-5-19-18-9-7-6-8-16(18)12-17-14(3)10-13(2)11-15(17)4/h6-11,19H,5,12H2,1-4H3. The van der Waals surface area contributed by atoms with E-state index >= 15 is 0 Å². The Balaban J connectivity index is 2.36. The van der Waals surface area contributed by atoms with Gasteiger partial charge in [-0.25, -0.2) is 0 Å². The maximum Gasteiger partial charge on any atom is -0.00143 e. The Morgan fingerprint density at radius 1 is 0.947 bits per heavy atom.